The lowest BCUT2D eigenvalue weighted by molar-refractivity contribution is -0.133. The summed E-state index contributed by atoms with van der Waals surface area (Å²) in [5.41, 5.74) is 3.64. The van der Waals surface area contributed by atoms with E-state index in [-0.39, 0.29) is 11.9 Å². The average molecular weight is 423 g/mol. The normalized spacial score (nSPS) is 13.7. The third-order valence-corrected chi connectivity index (χ3v) is 5.70. The monoisotopic (exact) mass is 422 g/mol. The number of aryl methyl sites for hydroxylation is 1. The maximum Gasteiger partial charge on any atom is 0.318 e. The van der Waals surface area contributed by atoms with Crippen LogP contribution in [0.15, 0.2) is 54.6 Å². The molecule has 0 spiro atoms. The molecule has 2 aromatic rings. The van der Waals surface area contributed by atoms with Crippen molar-refractivity contribution in [3.8, 4) is 0 Å². The van der Waals surface area contributed by atoms with Crippen molar-refractivity contribution in [2.24, 2.45) is 0 Å². The highest BCUT2D eigenvalue weighted by molar-refractivity contribution is 5.87. The van der Waals surface area contributed by atoms with Crippen molar-refractivity contribution in [2.45, 2.75) is 38.9 Å². The van der Waals surface area contributed by atoms with Crippen LogP contribution in [0, 0.1) is 0 Å². The van der Waals surface area contributed by atoms with Gasteiger partial charge in [-0.15, -0.1) is 0 Å². The van der Waals surface area contributed by atoms with Gasteiger partial charge in [0.15, 0.2) is 0 Å². The highest BCUT2D eigenvalue weighted by atomic mass is 16.2. The van der Waals surface area contributed by atoms with Crippen LogP contribution >= 0.6 is 0 Å². The number of fused-ring (bicyclic) bond motifs is 1. The molecule has 1 aliphatic rings. The zero-order chi connectivity index (χ0) is 22.2. The van der Waals surface area contributed by atoms with Crippen LogP contribution in [-0.2, 0) is 24.3 Å². The van der Waals surface area contributed by atoms with Gasteiger partial charge in [0.25, 0.3) is 0 Å². The van der Waals surface area contributed by atoms with Crippen molar-refractivity contribution in [1.82, 2.24) is 20.0 Å². The van der Waals surface area contributed by atoms with Crippen molar-refractivity contribution < 1.29 is 9.59 Å². The quantitative estimate of drug-likeness (QED) is 0.676. The van der Waals surface area contributed by atoms with Gasteiger partial charge in [-0.25, -0.2) is 4.79 Å². The fourth-order valence-corrected chi connectivity index (χ4v) is 3.86. The third kappa shape index (κ3) is 6.56. The molecule has 1 heterocycles. The van der Waals surface area contributed by atoms with E-state index in [1.807, 2.05) is 54.2 Å². The van der Waals surface area contributed by atoms with Crippen LogP contribution in [-0.4, -0.2) is 66.4 Å². The SMILES string of the molecule is C[C@H](NC(=O)N(CCCc1ccccc1)CCN(C)C)C(=O)N1Cc2ccccc2C1. The first-order chi connectivity index (χ1) is 14.9. The van der Waals surface area contributed by atoms with Gasteiger partial charge in [0.05, 0.1) is 0 Å². The Morgan fingerprint density at radius 2 is 1.55 bits per heavy atom. The molecule has 0 saturated carbocycles. The molecular formula is C25H34N4O2. The van der Waals surface area contributed by atoms with E-state index < -0.39 is 6.04 Å². The number of nitrogens with one attached hydrogen (secondary N) is 1. The zero-order valence-electron chi connectivity index (χ0n) is 18.9. The van der Waals surface area contributed by atoms with Gasteiger partial charge in [0.2, 0.25) is 5.91 Å². The van der Waals surface area contributed by atoms with E-state index >= 15 is 0 Å². The van der Waals surface area contributed by atoms with Crippen LogP contribution in [0.4, 0.5) is 4.79 Å². The molecule has 3 amide bonds. The molecule has 31 heavy (non-hydrogen) atoms. The van der Waals surface area contributed by atoms with Crippen LogP contribution in [0.25, 0.3) is 0 Å². The summed E-state index contributed by atoms with van der Waals surface area (Å²) in [6.07, 6.45) is 1.81. The van der Waals surface area contributed by atoms with E-state index in [4.69, 9.17) is 0 Å². The minimum Gasteiger partial charge on any atom is -0.332 e. The standard InChI is InChI=1S/C25H34N4O2/c1-20(24(30)29-18-22-13-7-8-14-23(22)19-29)26-25(31)28(17-16-27(2)3)15-9-12-21-10-5-4-6-11-21/h4-8,10-11,13-14,20H,9,12,15-19H2,1-3H3,(H,26,31)/t20-/m0/s1. The third-order valence-electron chi connectivity index (χ3n) is 5.70. The van der Waals surface area contributed by atoms with Gasteiger partial charge in [-0.1, -0.05) is 54.6 Å². The van der Waals surface area contributed by atoms with Crippen LogP contribution in [0.5, 0.6) is 0 Å². The Morgan fingerprint density at radius 3 is 2.16 bits per heavy atom. The summed E-state index contributed by atoms with van der Waals surface area (Å²) in [5.74, 6) is -0.0404. The summed E-state index contributed by atoms with van der Waals surface area (Å²) in [4.78, 5) is 31.6. The Morgan fingerprint density at radius 1 is 0.935 bits per heavy atom. The first-order valence-electron chi connectivity index (χ1n) is 11.0. The number of carbonyl (C=O) groups excluding carboxylic acids is 2. The Bertz CT molecular complexity index is 844. The first kappa shape index (κ1) is 22.8. The molecular weight excluding hydrogens is 388 g/mol. The minimum atomic E-state index is -0.558. The van der Waals surface area contributed by atoms with Gasteiger partial charge in [-0.3, -0.25) is 4.79 Å². The van der Waals surface area contributed by atoms with Crippen molar-refractivity contribution in [1.29, 1.82) is 0 Å². The number of amides is 3. The Balaban J connectivity index is 1.53. The predicted molar refractivity (Wildman–Crippen MR) is 124 cm³/mol. The summed E-state index contributed by atoms with van der Waals surface area (Å²) >= 11 is 0. The Kier molecular flexibility index (Phi) is 8.06. The van der Waals surface area contributed by atoms with Crippen molar-refractivity contribution in [2.75, 3.05) is 33.7 Å². The molecule has 0 bridgehead atoms. The van der Waals surface area contributed by atoms with Crippen LogP contribution in [0.3, 0.4) is 0 Å². The topological polar surface area (TPSA) is 55.9 Å². The molecule has 0 fully saturated rings. The smallest absolute Gasteiger partial charge is 0.318 e. The predicted octanol–water partition coefficient (Wildman–Crippen LogP) is 3.12. The highest BCUT2D eigenvalue weighted by Crippen LogP contribution is 2.22. The molecule has 0 saturated heterocycles. The number of carbonyl (C=O) groups is 2. The number of urea groups is 1. The second-order valence-corrected chi connectivity index (χ2v) is 8.51. The lowest BCUT2D eigenvalue weighted by atomic mass is 10.1. The van der Waals surface area contributed by atoms with Crippen LogP contribution < -0.4 is 5.32 Å². The molecule has 0 aromatic heterocycles. The summed E-state index contributed by atoms with van der Waals surface area (Å²) in [6.45, 7) is 5.06. The van der Waals surface area contributed by atoms with Gasteiger partial charge in [0.1, 0.15) is 6.04 Å². The molecule has 0 unspecified atom stereocenters. The van der Waals surface area contributed by atoms with Crippen LogP contribution in [0.1, 0.15) is 30.0 Å². The molecule has 6 heteroatoms. The van der Waals surface area contributed by atoms with E-state index in [0.717, 1.165) is 19.4 Å². The molecule has 1 aliphatic heterocycles. The summed E-state index contributed by atoms with van der Waals surface area (Å²) in [7, 11) is 3.99. The van der Waals surface area contributed by atoms with E-state index in [1.165, 1.54) is 16.7 Å². The highest BCUT2D eigenvalue weighted by Gasteiger charge is 2.28. The van der Waals surface area contributed by atoms with Gasteiger partial charge >= 0.3 is 6.03 Å². The maximum atomic E-state index is 13.0. The fraction of sp³-hybridized carbons (Fsp3) is 0.440. The molecule has 0 radical (unpaired) electrons. The van der Waals surface area contributed by atoms with E-state index in [0.29, 0.717) is 26.2 Å². The van der Waals surface area contributed by atoms with Gasteiger partial charge in [-0.2, -0.15) is 0 Å². The first-order valence-corrected chi connectivity index (χ1v) is 11.0. The lowest BCUT2D eigenvalue weighted by Crippen LogP contribution is -2.51. The molecule has 2 aromatic carbocycles. The second-order valence-electron chi connectivity index (χ2n) is 8.51. The lowest BCUT2D eigenvalue weighted by Gasteiger charge is -2.27. The number of nitrogens with zero attached hydrogens (tertiary/aromatic N) is 3. The summed E-state index contributed by atoms with van der Waals surface area (Å²) in [6, 6.07) is 17.7. The largest absolute Gasteiger partial charge is 0.332 e. The average Bonchev–Trinajstić information content (AvgIpc) is 3.20. The molecule has 1 N–H and O–H groups in total. The fourth-order valence-electron chi connectivity index (χ4n) is 3.86. The van der Waals surface area contributed by atoms with Crippen LogP contribution in [0.2, 0.25) is 0 Å². The molecule has 166 valence electrons. The van der Waals surface area contributed by atoms with E-state index in [1.54, 1.807) is 6.92 Å². The minimum absolute atomic E-state index is 0.0404. The molecule has 6 nitrogen and oxygen atoms in total. The molecule has 0 aliphatic carbocycles. The number of likely N-dealkylation sites (N-methyl/N-ethyl adjacent to an activating group) is 1. The van der Waals surface area contributed by atoms with Gasteiger partial charge in [-0.05, 0) is 50.6 Å². The van der Waals surface area contributed by atoms with Crippen molar-refractivity contribution >= 4 is 11.9 Å². The maximum absolute atomic E-state index is 13.0. The second kappa shape index (κ2) is 11.0. The van der Waals surface area contributed by atoms with Gasteiger partial charge < -0.3 is 20.0 Å². The summed E-state index contributed by atoms with van der Waals surface area (Å²) < 4.78 is 0. The zero-order valence-corrected chi connectivity index (χ0v) is 18.9. The van der Waals surface area contributed by atoms with Gasteiger partial charge in [0, 0.05) is 32.7 Å². The Hall–Kier alpha value is -2.86. The summed E-state index contributed by atoms with van der Waals surface area (Å²) in [5, 5.41) is 2.93. The Labute approximate surface area is 185 Å². The number of hydrogen-bond acceptors (Lipinski definition) is 3. The molecule has 3 rings (SSSR count). The van der Waals surface area contributed by atoms with Crippen molar-refractivity contribution in [3.05, 3.63) is 71.3 Å². The molecule has 1 atom stereocenters. The van der Waals surface area contributed by atoms with E-state index in [9.17, 15) is 9.59 Å². The van der Waals surface area contributed by atoms with Crippen molar-refractivity contribution in [3.63, 3.8) is 0 Å². The van der Waals surface area contributed by atoms with E-state index in [2.05, 4.69) is 34.5 Å². The number of hydrogen-bond donors (Lipinski definition) is 1. The number of benzene rings is 2. The number of rotatable bonds is 9.